The van der Waals surface area contributed by atoms with E-state index >= 15 is 0 Å². The van der Waals surface area contributed by atoms with E-state index in [0.29, 0.717) is 30.8 Å². The summed E-state index contributed by atoms with van der Waals surface area (Å²) in [6.45, 7) is 4.73. The maximum Gasteiger partial charge on any atom is 0.246 e. The average Bonchev–Trinajstić information content (AvgIpc) is 2.86. The molecule has 1 fully saturated rings. The first-order chi connectivity index (χ1) is 17.2. The monoisotopic (exact) mass is 516 g/mol. The maximum atomic E-state index is 13.7. The summed E-state index contributed by atoms with van der Waals surface area (Å²) in [7, 11) is 0. The van der Waals surface area contributed by atoms with Crippen LogP contribution in [0.25, 0.3) is 0 Å². The van der Waals surface area contributed by atoms with Crippen molar-refractivity contribution in [3.63, 3.8) is 0 Å². The molecule has 7 nitrogen and oxygen atoms in total. The van der Waals surface area contributed by atoms with Gasteiger partial charge in [-0.1, -0.05) is 49.2 Å². The number of likely N-dealkylation sites (N-methyl/N-ethyl adjacent to an activating group) is 1. The van der Waals surface area contributed by atoms with Crippen molar-refractivity contribution in [2.24, 2.45) is 5.73 Å². The highest BCUT2D eigenvalue weighted by Crippen LogP contribution is 2.22. The molecule has 9 heteroatoms. The molecular weight excluding hydrogens is 483 g/mol. The van der Waals surface area contributed by atoms with Gasteiger partial charge in [0.05, 0.1) is 6.04 Å². The Labute approximate surface area is 216 Å². The Balaban J connectivity index is 1.79. The van der Waals surface area contributed by atoms with E-state index in [1.165, 1.54) is 12.1 Å². The van der Waals surface area contributed by atoms with Gasteiger partial charge in [0.25, 0.3) is 0 Å². The van der Waals surface area contributed by atoms with Gasteiger partial charge in [0.1, 0.15) is 17.9 Å². The molecule has 3 N–H and O–H groups in total. The largest absolute Gasteiger partial charge is 0.355 e. The summed E-state index contributed by atoms with van der Waals surface area (Å²) in [6, 6.07) is 10.8. The molecule has 0 bridgehead atoms. The van der Waals surface area contributed by atoms with Crippen LogP contribution in [-0.4, -0.2) is 65.3 Å². The van der Waals surface area contributed by atoms with Gasteiger partial charge in [-0.3, -0.25) is 14.4 Å². The van der Waals surface area contributed by atoms with Crippen LogP contribution in [0.15, 0.2) is 48.5 Å². The summed E-state index contributed by atoms with van der Waals surface area (Å²) >= 11 is 6.01. The topological polar surface area (TPSA) is 95.7 Å². The van der Waals surface area contributed by atoms with Crippen molar-refractivity contribution in [3.8, 4) is 0 Å². The lowest BCUT2D eigenvalue weighted by atomic mass is 9.97. The SMILES string of the molecule is CCC[C@@H]1C(=O)N(C(Cc2ccc(Cl)cc2)C(=O)NCC)CCN1C(=O)C(N)Cc1ccc(F)cc1. The summed E-state index contributed by atoms with van der Waals surface area (Å²) in [5.41, 5.74) is 7.86. The fraction of sp³-hybridized carbons (Fsp3) is 0.444. The highest BCUT2D eigenvalue weighted by molar-refractivity contribution is 6.30. The summed E-state index contributed by atoms with van der Waals surface area (Å²) < 4.78 is 13.2. The van der Waals surface area contributed by atoms with Crippen LogP contribution in [0.1, 0.15) is 37.8 Å². The van der Waals surface area contributed by atoms with Crippen LogP contribution in [-0.2, 0) is 27.2 Å². The van der Waals surface area contributed by atoms with E-state index in [0.717, 1.165) is 11.1 Å². The third-order valence-electron chi connectivity index (χ3n) is 6.43. The van der Waals surface area contributed by atoms with E-state index in [9.17, 15) is 18.8 Å². The summed E-state index contributed by atoms with van der Waals surface area (Å²) in [6.07, 6.45) is 1.73. The van der Waals surface area contributed by atoms with E-state index in [1.54, 1.807) is 34.1 Å². The van der Waals surface area contributed by atoms with Crippen LogP contribution >= 0.6 is 11.6 Å². The number of carbonyl (C=O) groups is 3. The Morgan fingerprint density at radius 3 is 2.28 bits per heavy atom. The predicted molar refractivity (Wildman–Crippen MR) is 138 cm³/mol. The Bertz CT molecular complexity index is 1050. The van der Waals surface area contributed by atoms with Crippen molar-refractivity contribution in [1.82, 2.24) is 15.1 Å². The van der Waals surface area contributed by atoms with Gasteiger partial charge in [-0.05, 0) is 55.2 Å². The predicted octanol–water partition coefficient (Wildman–Crippen LogP) is 2.94. The zero-order valence-corrected chi connectivity index (χ0v) is 21.5. The van der Waals surface area contributed by atoms with Crippen LogP contribution in [0.3, 0.4) is 0 Å². The lowest BCUT2D eigenvalue weighted by Crippen LogP contribution is -2.65. The third-order valence-corrected chi connectivity index (χ3v) is 6.68. The second-order valence-corrected chi connectivity index (χ2v) is 9.48. The molecular formula is C27H34ClFN4O3. The second-order valence-electron chi connectivity index (χ2n) is 9.05. The summed E-state index contributed by atoms with van der Waals surface area (Å²) in [5, 5.41) is 3.43. The first-order valence-electron chi connectivity index (χ1n) is 12.4. The number of hydrogen-bond acceptors (Lipinski definition) is 4. The van der Waals surface area contributed by atoms with Crippen LogP contribution in [0.5, 0.6) is 0 Å². The number of amides is 3. The van der Waals surface area contributed by atoms with Crippen LogP contribution in [0.4, 0.5) is 4.39 Å². The number of rotatable bonds is 10. The number of nitrogens with one attached hydrogen (secondary N) is 1. The molecule has 0 saturated carbocycles. The molecule has 1 saturated heterocycles. The van der Waals surface area contributed by atoms with Crippen LogP contribution in [0, 0.1) is 5.82 Å². The van der Waals surface area contributed by atoms with Crippen LogP contribution in [0.2, 0.25) is 5.02 Å². The molecule has 194 valence electrons. The third kappa shape index (κ3) is 6.83. The van der Waals surface area contributed by atoms with Crippen molar-refractivity contribution < 1.29 is 18.8 Å². The molecule has 3 amide bonds. The highest BCUT2D eigenvalue weighted by atomic mass is 35.5. The molecule has 3 rings (SSSR count). The Hall–Kier alpha value is -2.97. The smallest absolute Gasteiger partial charge is 0.246 e. The molecule has 0 radical (unpaired) electrons. The molecule has 3 atom stereocenters. The molecule has 1 aliphatic heterocycles. The van der Waals surface area contributed by atoms with Gasteiger partial charge in [0, 0.05) is 31.1 Å². The van der Waals surface area contributed by atoms with Gasteiger partial charge in [0.2, 0.25) is 17.7 Å². The number of nitrogens with zero attached hydrogens (tertiary/aromatic N) is 2. The number of piperazine rings is 1. The number of carbonyl (C=O) groups excluding carboxylic acids is 3. The number of hydrogen-bond donors (Lipinski definition) is 2. The first kappa shape index (κ1) is 27.6. The number of benzene rings is 2. The van der Waals surface area contributed by atoms with Gasteiger partial charge < -0.3 is 20.9 Å². The molecule has 1 heterocycles. The standard InChI is InChI=1S/C27H34ClFN4O3/c1-3-5-23-27(36)33(24(25(34)31-4-2)17-19-6-10-20(28)11-7-19)15-14-32(23)26(35)22(30)16-18-8-12-21(29)13-9-18/h6-13,22-24H,3-5,14-17,30H2,1-2H3,(H,31,34)/t22?,23-,24?/m1/s1. The first-order valence-corrected chi connectivity index (χ1v) is 12.8. The number of halogens is 2. The Morgan fingerprint density at radius 1 is 1.06 bits per heavy atom. The quantitative estimate of drug-likeness (QED) is 0.507. The summed E-state index contributed by atoms with van der Waals surface area (Å²) in [4.78, 5) is 43.1. The fourth-order valence-corrected chi connectivity index (χ4v) is 4.71. The minimum atomic E-state index is -0.859. The van der Waals surface area contributed by atoms with Crippen molar-refractivity contribution in [2.75, 3.05) is 19.6 Å². The normalized spacial score (nSPS) is 17.6. The Kier molecular flexibility index (Phi) is 9.84. The van der Waals surface area contributed by atoms with E-state index in [4.69, 9.17) is 17.3 Å². The van der Waals surface area contributed by atoms with Gasteiger partial charge in [-0.2, -0.15) is 0 Å². The molecule has 0 aromatic heterocycles. The summed E-state index contributed by atoms with van der Waals surface area (Å²) in [5.74, 6) is -1.17. The Morgan fingerprint density at radius 2 is 1.67 bits per heavy atom. The van der Waals surface area contributed by atoms with Crippen LogP contribution < -0.4 is 11.1 Å². The van der Waals surface area contributed by atoms with Gasteiger partial charge in [-0.25, -0.2) is 4.39 Å². The van der Waals surface area contributed by atoms with E-state index in [1.807, 2.05) is 26.0 Å². The van der Waals surface area contributed by atoms with Crippen molar-refractivity contribution in [1.29, 1.82) is 0 Å². The zero-order chi connectivity index (χ0) is 26.2. The lowest BCUT2D eigenvalue weighted by Gasteiger charge is -2.44. The second kappa shape index (κ2) is 12.8. The van der Waals surface area contributed by atoms with E-state index in [-0.39, 0.29) is 43.0 Å². The number of nitrogens with two attached hydrogens (primary N) is 1. The van der Waals surface area contributed by atoms with Gasteiger partial charge in [-0.15, -0.1) is 0 Å². The highest BCUT2D eigenvalue weighted by Gasteiger charge is 2.42. The van der Waals surface area contributed by atoms with Crippen molar-refractivity contribution in [3.05, 3.63) is 70.5 Å². The van der Waals surface area contributed by atoms with E-state index in [2.05, 4.69) is 5.32 Å². The van der Waals surface area contributed by atoms with Gasteiger partial charge >= 0.3 is 0 Å². The van der Waals surface area contributed by atoms with Gasteiger partial charge in [0.15, 0.2) is 0 Å². The molecule has 2 aromatic rings. The maximum absolute atomic E-state index is 13.7. The zero-order valence-electron chi connectivity index (χ0n) is 20.8. The van der Waals surface area contributed by atoms with Crippen molar-refractivity contribution in [2.45, 2.75) is 57.7 Å². The van der Waals surface area contributed by atoms with Crippen molar-refractivity contribution >= 4 is 29.3 Å². The molecule has 2 aromatic carbocycles. The molecule has 0 spiro atoms. The molecule has 1 aliphatic rings. The minimum Gasteiger partial charge on any atom is -0.355 e. The fourth-order valence-electron chi connectivity index (χ4n) is 4.59. The molecule has 2 unspecified atom stereocenters. The minimum absolute atomic E-state index is 0.226. The molecule has 0 aliphatic carbocycles. The average molecular weight is 517 g/mol. The molecule has 36 heavy (non-hydrogen) atoms. The lowest BCUT2D eigenvalue weighted by molar-refractivity contribution is -0.156. The van der Waals surface area contributed by atoms with E-state index < -0.39 is 18.1 Å².